The molecule has 1 heterocycles. The normalized spacial score (nSPS) is 19.3. The predicted molar refractivity (Wildman–Crippen MR) is 111 cm³/mol. The second kappa shape index (κ2) is 10.8. The average molecular weight is 399 g/mol. The molecular weight excluding hydrogens is 368 g/mol. The van der Waals surface area contributed by atoms with Crippen LogP contribution in [0.25, 0.3) is 0 Å². The van der Waals surface area contributed by atoms with Crippen molar-refractivity contribution in [2.45, 2.75) is 44.7 Å². The Morgan fingerprint density at radius 1 is 1.17 bits per heavy atom. The highest BCUT2D eigenvalue weighted by Gasteiger charge is 2.28. The molecule has 0 spiro atoms. The monoisotopic (exact) mass is 398 g/mol. The number of esters is 1. The van der Waals surface area contributed by atoms with Gasteiger partial charge in [0.1, 0.15) is 12.4 Å². The van der Waals surface area contributed by atoms with Gasteiger partial charge in [-0.3, -0.25) is 9.69 Å². The van der Waals surface area contributed by atoms with Crippen LogP contribution in [-0.2, 0) is 20.8 Å². The molecule has 1 atom stereocenters. The largest absolute Gasteiger partial charge is 0.493 e. The maximum absolute atomic E-state index is 12.8. The number of nitrogens with one attached hydrogen (secondary N) is 1. The zero-order valence-corrected chi connectivity index (χ0v) is 17.1. The molecule has 6 heteroatoms. The van der Waals surface area contributed by atoms with Crippen molar-refractivity contribution >= 4 is 11.9 Å². The predicted octanol–water partition coefficient (Wildman–Crippen LogP) is 3.19. The zero-order valence-electron chi connectivity index (χ0n) is 17.1. The highest BCUT2D eigenvalue weighted by atomic mass is 16.5. The van der Waals surface area contributed by atoms with E-state index in [1.165, 1.54) is 7.11 Å². The van der Waals surface area contributed by atoms with E-state index in [0.717, 1.165) is 56.5 Å². The lowest BCUT2D eigenvalue weighted by molar-refractivity contribution is -0.128. The highest BCUT2D eigenvalue weighted by molar-refractivity contribution is 5.89. The summed E-state index contributed by atoms with van der Waals surface area (Å²) in [6.45, 7) is 2.70. The fourth-order valence-electron chi connectivity index (χ4n) is 3.72. The van der Waals surface area contributed by atoms with Crippen LogP contribution in [0.2, 0.25) is 0 Å². The van der Waals surface area contributed by atoms with E-state index in [-0.39, 0.29) is 17.9 Å². The van der Waals surface area contributed by atoms with Crippen LogP contribution in [0.4, 0.5) is 0 Å². The number of benzene rings is 1. The molecule has 156 valence electrons. The maximum Gasteiger partial charge on any atom is 0.337 e. The van der Waals surface area contributed by atoms with E-state index in [0.29, 0.717) is 18.7 Å². The van der Waals surface area contributed by atoms with Gasteiger partial charge in [0.25, 0.3) is 0 Å². The van der Waals surface area contributed by atoms with Crippen LogP contribution in [0.1, 0.15) is 48.0 Å². The summed E-state index contributed by atoms with van der Waals surface area (Å²) in [5, 5.41) is 3.04. The van der Waals surface area contributed by atoms with Crippen molar-refractivity contribution in [2.24, 2.45) is 0 Å². The van der Waals surface area contributed by atoms with Gasteiger partial charge in [-0.2, -0.15) is 0 Å². The third kappa shape index (κ3) is 6.19. The fourth-order valence-corrected chi connectivity index (χ4v) is 3.72. The highest BCUT2D eigenvalue weighted by Crippen LogP contribution is 2.18. The van der Waals surface area contributed by atoms with E-state index in [1.54, 1.807) is 12.1 Å². The number of hydrogen-bond donors (Lipinski definition) is 1. The summed E-state index contributed by atoms with van der Waals surface area (Å²) in [7, 11) is 1.36. The van der Waals surface area contributed by atoms with Gasteiger partial charge >= 0.3 is 5.97 Å². The molecule has 1 aliphatic carbocycles. The summed E-state index contributed by atoms with van der Waals surface area (Å²) in [5.41, 5.74) is 1.46. The van der Waals surface area contributed by atoms with Crippen LogP contribution in [0.3, 0.4) is 0 Å². The maximum atomic E-state index is 12.8. The van der Waals surface area contributed by atoms with Crippen molar-refractivity contribution in [2.75, 3.05) is 26.8 Å². The number of methoxy groups -OCH3 is 1. The number of carbonyl (C=O) groups excluding carboxylic acids is 2. The Balaban J connectivity index is 1.47. The molecule has 0 unspecified atom stereocenters. The van der Waals surface area contributed by atoms with E-state index in [9.17, 15) is 9.59 Å². The SMILES string of the molecule is COC(=O)c1ccc(CNC(=O)[C@H]2CCCCN2CCOC2=CCCC=C2)cc1. The van der Waals surface area contributed by atoms with Gasteiger partial charge in [0.05, 0.1) is 18.7 Å². The number of amides is 1. The van der Waals surface area contributed by atoms with E-state index in [2.05, 4.69) is 22.4 Å². The van der Waals surface area contributed by atoms with Gasteiger partial charge < -0.3 is 14.8 Å². The van der Waals surface area contributed by atoms with Crippen molar-refractivity contribution in [3.8, 4) is 0 Å². The van der Waals surface area contributed by atoms with Crippen LogP contribution in [0, 0.1) is 0 Å². The Labute approximate surface area is 172 Å². The molecule has 3 rings (SSSR count). The van der Waals surface area contributed by atoms with Crippen LogP contribution in [0.15, 0.2) is 48.3 Å². The molecule has 1 aromatic carbocycles. The summed E-state index contributed by atoms with van der Waals surface area (Å²) in [6, 6.07) is 6.99. The first-order valence-electron chi connectivity index (χ1n) is 10.4. The Morgan fingerprint density at radius 3 is 2.72 bits per heavy atom. The van der Waals surface area contributed by atoms with Crippen molar-refractivity contribution in [3.05, 3.63) is 59.4 Å². The minimum atomic E-state index is -0.361. The summed E-state index contributed by atoms with van der Waals surface area (Å²) in [6.07, 6.45) is 11.4. The first-order chi connectivity index (χ1) is 14.2. The lowest BCUT2D eigenvalue weighted by atomic mass is 10.0. The molecule has 1 N–H and O–H groups in total. The van der Waals surface area contributed by atoms with Crippen LogP contribution >= 0.6 is 0 Å². The molecule has 0 radical (unpaired) electrons. The number of likely N-dealkylation sites (tertiary alicyclic amines) is 1. The Bertz CT molecular complexity index is 755. The molecule has 1 amide bonds. The first-order valence-corrected chi connectivity index (χ1v) is 10.4. The lowest BCUT2D eigenvalue weighted by Crippen LogP contribution is -2.50. The summed E-state index contributed by atoms with van der Waals surface area (Å²) in [5.74, 6) is 0.628. The molecule has 2 aliphatic rings. The second-order valence-corrected chi connectivity index (χ2v) is 7.39. The van der Waals surface area contributed by atoms with Gasteiger partial charge in [-0.05, 0) is 62.1 Å². The van der Waals surface area contributed by atoms with E-state index in [1.807, 2.05) is 18.2 Å². The average Bonchev–Trinajstić information content (AvgIpc) is 2.78. The number of carbonyl (C=O) groups is 2. The van der Waals surface area contributed by atoms with Crippen molar-refractivity contribution < 1.29 is 19.1 Å². The van der Waals surface area contributed by atoms with E-state index < -0.39 is 0 Å². The molecule has 0 saturated carbocycles. The number of hydrogen-bond acceptors (Lipinski definition) is 5. The third-order valence-corrected chi connectivity index (χ3v) is 5.37. The van der Waals surface area contributed by atoms with Gasteiger partial charge in [0.15, 0.2) is 0 Å². The Kier molecular flexibility index (Phi) is 7.87. The van der Waals surface area contributed by atoms with Crippen LogP contribution < -0.4 is 5.32 Å². The third-order valence-electron chi connectivity index (χ3n) is 5.37. The van der Waals surface area contributed by atoms with Crippen molar-refractivity contribution in [1.82, 2.24) is 10.2 Å². The molecular formula is C23H30N2O4. The second-order valence-electron chi connectivity index (χ2n) is 7.39. The van der Waals surface area contributed by atoms with Crippen molar-refractivity contribution in [1.29, 1.82) is 0 Å². The molecule has 1 fully saturated rings. The van der Waals surface area contributed by atoms with E-state index in [4.69, 9.17) is 9.47 Å². The quantitative estimate of drug-likeness (QED) is 0.681. The minimum absolute atomic E-state index is 0.0542. The smallest absolute Gasteiger partial charge is 0.337 e. The molecule has 0 aromatic heterocycles. The molecule has 29 heavy (non-hydrogen) atoms. The van der Waals surface area contributed by atoms with Gasteiger partial charge in [-0.25, -0.2) is 4.79 Å². The number of nitrogens with zero attached hydrogens (tertiary/aromatic N) is 1. The summed E-state index contributed by atoms with van der Waals surface area (Å²) >= 11 is 0. The first kappa shape index (κ1) is 21.1. The molecule has 1 saturated heterocycles. The lowest BCUT2D eigenvalue weighted by Gasteiger charge is -2.34. The minimum Gasteiger partial charge on any atom is -0.493 e. The van der Waals surface area contributed by atoms with Gasteiger partial charge in [-0.15, -0.1) is 0 Å². The number of allylic oxidation sites excluding steroid dienone is 3. The zero-order chi connectivity index (χ0) is 20.5. The van der Waals surface area contributed by atoms with Gasteiger partial charge in [0.2, 0.25) is 5.91 Å². The fraction of sp³-hybridized carbons (Fsp3) is 0.478. The number of piperidine rings is 1. The van der Waals surface area contributed by atoms with Gasteiger partial charge in [0, 0.05) is 13.1 Å². The molecule has 1 aromatic rings. The number of rotatable bonds is 8. The Hall–Kier alpha value is -2.60. The molecule has 1 aliphatic heterocycles. The molecule has 0 bridgehead atoms. The van der Waals surface area contributed by atoms with Crippen molar-refractivity contribution in [3.63, 3.8) is 0 Å². The molecule has 6 nitrogen and oxygen atoms in total. The standard InChI is InChI=1S/C23H30N2O4/c1-28-23(27)19-12-10-18(11-13-19)17-24-22(26)21-9-5-6-14-25(21)15-16-29-20-7-3-2-4-8-20/h3,7-8,10-13,21H,2,4-6,9,14-17H2,1H3,(H,24,26)/t21-/m1/s1. The van der Waals surface area contributed by atoms with Crippen LogP contribution in [-0.4, -0.2) is 49.6 Å². The topological polar surface area (TPSA) is 67.9 Å². The summed E-state index contributed by atoms with van der Waals surface area (Å²) in [4.78, 5) is 26.5. The van der Waals surface area contributed by atoms with Crippen LogP contribution in [0.5, 0.6) is 0 Å². The van der Waals surface area contributed by atoms with Gasteiger partial charge in [-0.1, -0.05) is 24.6 Å². The number of ether oxygens (including phenoxy) is 2. The summed E-state index contributed by atoms with van der Waals surface area (Å²) < 4.78 is 10.6. The van der Waals surface area contributed by atoms with E-state index >= 15 is 0 Å². The Morgan fingerprint density at radius 2 is 2.00 bits per heavy atom.